The number of hydrogen-bond acceptors (Lipinski definition) is 2. The van der Waals surface area contributed by atoms with Crippen LogP contribution >= 0.6 is 0 Å². The van der Waals surface area contributed by atoms with E-state index in [0.29, 0.717) is 5.92 Å². The van der Waals surface area contributed by atoms with E-state index in [2.05, 4.69) is 31.3 Å². The lowest BCUT2D eigenvalue weighted by molar-refractivity contribution is 0.0687. The molecule has 0 saturated carbocycles. The predicted molar refractivity (Wildman–Crippen MR) is 87.7 cm³/mol. The molecule has 0 atom stereocenters. The van der Waals surface area contributed by atoms with Gasteiger partial charge >= 0.3 is 0 Å². The van der Waals surface area contributed by atoms with Gasteiger partial charge in [-0.25, -0.2) is 0 Å². The van der Waals surface area contributed by atoms with Crippen molar-refractivity contribution in [2.45, 2.75) is 39.0 Å². The highest BCUT2D eigenvalue weighted by molar-refractivity contribution is 5.94. The number of hydrogen-bond donors (Lipinski definition) is 1. The summed E-state index contributed by atoms with van der Waals surface area (Å²) >= 11 is 0. The van der Waals surface area contributed by atoms with Crippen LogP contribution < -0.4 is 5.32 Å². The fourth-order valence-electron chi connectivity index (χ4n) is 2.97. The Hall–Kier alpha value is -1.35. The molecule has 0 aliphatic carbocycles. The summed E-state index contributed by atoms with van der Waals surface area (Å²) in [7, 11) is 2.00. The molecule has 3 nitrogen and oxygen atoms in total. The summed E-state index contributed by atoms with van der Waals surface area (Å²) in [5.74, 6) is 1.47. The summed E-state index contributed by atoms with van der Waals surface area (Å²) < 4.78 is 0. The maximum Gasteiger partial charge on any atom is 0.253 e. The van der Waals surface area contributed by atoms with Crippen LogP contribution in [0.15, 0.2) is 24.3 Å². The average Bonchev–Trinajstić information content (AvgIpc) is 2.53. The van der Waals surface area contributed by atoms with Gasteiger partial charge in [0.1, 0.15) is 0 Å². The first-order chi connectivity index (χ1) is 10.1. The molecule has 1 fully saturated rings. The van der Waals surface area contributed by atoms with Crippen molar-refractivity contribution >= 4 is 5.91 Å². The first-order valence-electron chi connectivity index (χ1n) is 8.15. The van der Waals surface area contributed by atoms with Crippen molar-refractivity contribution in [1.82, 2.24) is 10.2 Å². The van der Waals surface area contributed by atoms with Gasteiger partial charge in [0.15, 0.2) is 0 Å². The molecule has 1 saturated heterocycles. The molecule has 1 aliphatic heterocycles. The van der Waals surface area contributed by atoms with E-state index < -0.39 is 0 Å². The zero-order chi connectivity index (χ0) is 15.2. The summed E-state index contributed by atoms with van der Waals surface area (Å²) in [5.41, 5.74) is 2.12. The van der Waals surface area contributed by atoms with Crippen LogP contribution in [0.1, 0.15) is 54.9 Å². The van der Waals surface area contributed by atoms with Crippen LogP contribution in [0.2, 0.25) is 0 Å². The zero-order valence-electron chi connectivity index (χ0n) is 13.6. The number of amides is 1. The lowest BCUT2D eigenvalue weighted by Crippen LogP contribution is -2.38. The number of carbonyl (C=O) groups excluding carboxylic acids is 1. The van der Waals surface area contributed by atoms with Crippen LogP contribution in [0.3, 0.4) is 0 Å². The van der Waals surface area contributed by atoms with E-state index in [1.165, 1.54) is 12.0 Å². The first kappa shape index (κ1) is 16.0. The molecule has 0 aromatic heterocycles. The van der Waals surface area contributed by atoms with E-state index in [1.54, 1.807) is 0 Å². The topological polar surface area (TPSA) is 32.3 Å². The number of piperidine rings is 1. The van der Waals surface area contributed by atoms with Crippen LogP contribution in [-0.4, -0.2) is 37.5 Å². The van der Waals surface area contributed by atoms with Gasteiger partial charge in [-0.2, -0.15) is 0 Å². The maximum absolute atomic E-state index is 12.5. The molecule has 1 aromatic rings. The molecule has 116 valence electrons. The summed E-state index contributed by atoms with van der Waals surface area (Å²) in [6, 6.07) is 8.12. The molecule has 1 N–H and O–H groups in total. The van der Waals surface area contributed by atoms with Crippen LogP contribution in [0, 0.1) is 5.92 Å². The first-order valence-corrected chi connectivity index (χ1v) is 8.15. The van der Waals surface area contributed by atoms with Crippen LogP contribution in [0.25, 0.3) is 0 Å². The number of nitrogens with zero attached hydrogens (tertiary/aromatic N) is 1. The molecule has 1 amide bonds. The van der Waals surface area contributed by atoms with Gasteiger partial charge in [-0.1, -0.05) is 26.0 Å². The van der Waals surface area contributed by atoms with Gasteiger partial charge in [0.05, 0.1) is 0 Å². The van der Waals surface area contributed by atoms with Gasteiger partial charge in [-0.15, -0.1) is 0 Å². The maximum atomic E-state index is 12.5. The average molecular weight is 288 g/mol. The minimum Gasteiger partial charge on any atom is -0.339 e. The van der Waals surface area contributed by atoms with Gasteiger partial charge in [0.2, 0.25) is 0 Å². The number of carbonyl (C=O) groups is 1. The molecular weight excluding hydrogens is 260 g/mol. The van der Waals surface area contributed by atoms with E-state index in [9.17, 15) is 4.79 Å². The van der Waals surface area contributed by atoms with Crippen molar-refractivity contribution in [2.24, 2.45) is 5.92 Å². The molecule has 0 spiro atoms. The van der Waals surface area contributed by atoms with Gasteiger partial charge in [-0.3, -0.25) is 4.79 Å². The Morgan fingerprint density at radius 1 is 1.24 bits per heavy atom. The Morgan fingerprint density at radius 2 is 1.86 bits per heavy atom. The van der Waals surface area contributed by atoms with Crippen LogP contribution in [-0.2, 0) is 0 Å². The Morgan fingerprint density at radius 3 is 2.38 bits per heavy atom. The van der Waals surface area contributed by atoms with Crippen molar-refractivity contribution < 1.29 is 4.79 Å². The molecule has 21 heavy (non-hydrogen) atoms. The molecule has 3 heteroatoms. The fraction of sp³-hybridized carbons (Fsp3) is 0.611. The summed E-state index contributed by atoms with van der Waals surface area (Å²) in [4.78, 5) is 14.5. The van der Waals surface area contributed by atoms with Crippen LogP contribution in [0.4, 0.5) is 0 Å². The quantitative estimate of drug-likeness (QED) is 0.902. The molecular formula is C18H28N2O. The van der Waals surface area contributed by atoms with E-state index in [-0.39, 0.29) is 5.91 Å². The Balaban J connectivity index is 1.89. The predicted octanol–water partition coefficient (Wildman–Crippen LogP) is 3.27. The van der Waals surface area contributed by atoms with E-state index in [1.807, 2.05) is 24.1 Å². The summed E-state index contributed by atoms with van der Waals surface area (Å²) in [5, 5.41) is 3.21. The highest BCUT2D eigenvalue weighted by atomic mass is 16.2. The third-order valence-electron chi connectivity index (χ3n) is 4.53. The molecule has 0 radical (unpaired) electrons. The smallest absolute Gasteiger partial charge is 0.253 e. The van der Waals surface area contributed by atoms with E-state index >= 15 is 0 Å². The van der Waals surface area contributed by atoms with E-state index in [4.69, 9.17) is 0 Å². The lowest BCUT2D eigenvalue weighted by atomic mass is 9.93. The minimum atomic E-state index is 0.192. The second-order valence-electron chi connectivity index (χ2n) is 6.40. The minimum absolute atomic E-state index is 0.192. The van der Waals surface area contributed by atoms with Crippen molar-refractivity contribution in [3.8, 4) is 0 Å². The Bertz CT molecular complexity index is 445. The second kappa shape index (κ2) is 7.60. The Kier molecular flexibility index (Phi) is 5.80. The third kappa shape index (κ3) is 4.31. The third-order valence-corrected chi connectivity index (χ3v) is 4.53. The van der Waals surface area contributed by atoms with Gasteiger partial charge in [0.25, 0.3) is 5.91 Å². The van der Waals surface area contributed by atoms with E-state index in [0.717, 1.165) is 44.0 Å². The second-order valence-corrected chi connectivity index (χ2v) is 6.40. The number of likely N-dealkylation sites (tertiary alicyclic amines) is 1. The monoisotopic (exact) mass is 288 g/mol. The molecule has 0 bridgehead atoms. The number of nitrogens with one attached hydrogen (secondary N) is 1. The molecule has 2 rings (SSSR count). The van der Waals surface area contributed by atoms with Gasteiger partial charge < -0.3 is 10.2 Å². The fourth-order valence-corrected chi connectivity index (χ4v) is 2.97. The van der Waals surface area contributed by atoms with Crippen molar-refractivity contribution in [3.63, 3.8) is 0 Å². The number of rotatable bonds is 5. The SMILES string of the molecule is CNCCC1CCN(C(=O)c2ccc(C(C)C)cc2)CC1. The highest BCUT2D eigenvalue weighted by Crippen LogP contribution is 2.22. The highest BCUT2D eigenvalue weighted by Gasteiger charge is 2.23. The molecule has 1 aliphatic rings. The van der Waals surface area contributed by atoms with Gasteiger partial charge in [-0.05, 0) is 62.4 Å². The Labute approximate surface area is 128 Å². The number of benzene rings is 1. The van der Waals surface area contributed by atoms with Crippen molar-refractivity contribution in [2.75, 3.05) is 26.7 Å². The van der Waals surface area contributed by atoms with Gasteiger partial charge in [0, 0.05) is 18.7 Å². The molecule has 1 aromatic carbocycles. The van der Waals surface area contributed by atoms with Crippen molar-refractivity contribution in [3.05, 3.63) is 35.4 Å². The lowest BCUT2D eigenvalue weighted by Gasteiger charge is -2.32. The van der Waals surface area contributed by atoms with Crippen LogP contribution in [0.5, 0.6) is 0 Å². The largest absolute Gasteiger partial charge is 0.339 e. The normalized spacial score (nSPS) is 16.5. The summed E-state index contributed by atoms with van der Waals surface area (Å²) in [6.07, 6.45) is 3.50. The van der Waals surface area contributed by atoms with Crippen molar-refractivity contribution in [1.29, 1.82) is 0 Å². The molecule has 0 unspecified atom stereocenters. The summed E-state index contributed by atoms with van der Waals surface area (Å²) in [6.45, 7) is 7.23. The molecule has 1 heterocycles. The standard InChI is InChI=1S/C18H28N2O/c1-14(2)16-4-6-17(7-5-16)18(21)20-12-9-15(10-13-20)8-11-19-3/h4-7,14-15,19H,8-13H2,1-3H3. The zero-order valence-corrected chi connectivity index (χ0v) is 13.6.